The van der Waals surface area contributed by atoms with E-state index in [4.69, 9.17) is 0 Å². The molecule has 17 rings (SSSR count). The monoisotopic (exact) mass is 1220 g/mol. The van der Waals surface area contributed by atoms with Crippen molar-refractivity contribution in [3.8, 4) is 33.6 Å². The van der Waals surface area contributed by atoms with Crippen LogP contribution in [-0.4, -0.2) is 25.3 Å². The average molecular weight is 1220 g/mol. The highest BCUT2D eigenvalue weighted by Gasteiger charge is 2.43. The average Bonchev–Trinajstić information content (AvgIpc) is 1.75. The first kappa shape index (κ1) is 56.7. The summed E-state index contributed by atoms with van der Waals surface area (Å²) in [6, 6.07) is 138. The summed E-state index contributed by atoms with van der Waals surface area (Å²) in [5.74, 6) is -0.229. The molecule has 2 heterocycles. The van der Waals surface area contributed by atoms with E-state index in [-0.39, 0.29) is 5.82 Å². The lowest BCUT2D eigenvalue weighted by atomic mass is 10.0. The van der Waals surface area contributed by atoms with Crippen LogP contribution in [0, 0.1) is 5.82 Å². The van der Waals surface area contributed by atoms with Gasteiger partial charge in [0, 0.05) is 32.9 Å². The van der Waals surface area contributed by atoms with Gasteiger partial charge in [0.25, 0.3) is 0 Å². The van der Waals surface area contributed by atoms with Gasteiger partial charge in [-0.2, -0.15) is 0 Å². The molecular formula is C88H63FN2Si2. The van der Waals surface area contributed by atoms with Crippen LogP contribution in [0.3, 0.4) is 0 Å². The Morgan fingerprint density at radius 2 is 0.516 bits per heavy atom. The van der Waals surface area contributed by atoms with Gasteiger partial charge < -0.3 is 9.13 Å². The molecule has 17 aromatic rings. The van der Waals surface area contributed by atoms with Crippen LogP contribution < -0.4 is 41.5 Å². The van der Waals surface area contributed by atoms with Gasteiger partial charge in [-0.15, -0.1) is 0 Å². The van der Waals surface area contributed by atoms with Crippen molar-refractivity contribution in [1.29, 1.82) is 0 Å². The van der Waals surface area contributed by atoms with Crippen molar-refractivity contribution in [3.63, 3.8) is 0 Å². The summed E-state index contributed by atoms with van der Waals surface area (Å²) in [6.07, 6.45) is 0. The molecular weight excluding hydrogens is 1160 g/mol. The molecule has 440 valence electrons. The molecule has 0 bridgehead atoms. The highest BCUT2D eigenvalue weighted by molar-refractivity contribution is 7.20. The lowest BCUT2D eigenvalue weighted by Gasteiger charge is -2.34. The Balaban J connectivity index is 0.000000148. The summed E-state index contributed by atoms with van der Waals surface area (Å²) in [5.41, 5.74) is 11.5. The summed E-state index contributed by atoms with van der Waals surface area (Å²) >= 11 is 0. The summed E-state index contributed by atoms with van der Waals surface area (Å²) in [7, 11) is -5.28. The van der Waals surface area contributed by atoms with Gasteiger partial charge in [0.15, 0.2) is 16.1 Å². The first-order valence-corrected chi connectivity index (χ1v) is 35.9. The van der Waals surface area contributed by atoms with E-state index in [2.05, 4.69) is 373 Å². The van der Waals surface area contributed by atoms with Gasteiger partial charge in [-0.1, -0.05) is 322 Å². The third kappa shape index (κ3) is 9.94. The number of rotatable bonds is 12. The lowest BCUT2D eigenvalue weighted by molar-refractivity contribution is 0.629. The zero-order valence-corrected chi connectivity index (χ0v) is 53.1. The highest BCUT2D eigenvalue weighted by atomic mass is 28.3. The Bertz CT molecular complexity index is 5270. The smallest absolute Gasteiger partial charge is 0.179 e. The van der Waals surface area contributed by atoms with Crippen LogP contribution in [0.25, 0.3) is 88.0 Å². The summed E-state index contributed by atoms with van der Waals surface area (Å²) in [4.78, 5) is 0. The molecule has 0 atom stereocenters. The molecule has 93 heavy (non-hydrogen) atoms. The third-order valence-corrected chi connectivity index (χ3v) is 28.5. The lowest BCUT2D eigenvalue weighted by Crippen LogP contribution is -2.74. The minimum absolute atomic E-state index is 0.229. The molecule has 0 spiro atoms. The second-order valence-electron chi connectivity index (χ2n) is 24.0. The van der Waals surface area contributed by atoms with E-state index in [1.54, 1.807) is 12.1 Å². The number of aromatic nitrogens is 2. The molecule has 0 aliphatic heterocycles. The number of benzene rings is 15. The van der Waals surface area contributed by atoms with Crippen LogP contribution in [0.4, 0.5) is 4.39 Å². The summed E-state index contributed by atoms with van der Waals surface area (Å²) in [5, 5.41) is 17.7. The van der Waals surface area contributed by atoms with Crippen molar-refractivity contribution in [1.82, 2.24) is 9.13 Å². The number of fused-ring (bicyclic) bond motifs is 8. The Morgan fingerprint density at radius 1 is 0.204 bits per heavy atom. The Labute approximate surface area is 543 Å². The Hall–Kier alpha value is -11.5. The SMILES string of the molecule is Fc1ccc2c(c1)c1c3ccccc3ccc1n2-c1cccc(-c2cccc([Si](c3ccccc3)(c3ccccc3)c3ccccc3)c2)c1.c1ccc([Si](c2ccccc2)(c2ccccc2)c2cccc(-c3cccc(-n4c5ccccc5c5ccccc54)c3)c2)cc1. The molecule has 2 nitrogen and oxygen atoms in total. The van der Waals surface area contributed by atoms with Crippen molar-refractivity contribution in [2.75, 3.05) is 0 Å². The summed E-state index contributed by atoms with van der Waals surface area (Å²) < 4.78 is 19.4. The van der Waals surface area contributed by atoms with Gasteiger partial charge >= 0.3 is 0 Å². The van der Waals surface area contributed by atoms with Crippen molar-refractivity contribution in [2.45, 2.75) is 0 Å². The Kier molecular flexibility index (Phi) is 14.9. The maximum atomic E-state index is 14.8. The van der Waals surface area contributed by atoms with Crippen LogP contribution in [0.1, 0.15) is 0 Å². The number of nitrogens with zero attached hydrogens (tertiary/aromatic N) is 2. The molecule has 0 fully saturated rings. The normalized spacial score (nSPS) is 11.7. The van der Waals surface area contributed by atoms with Gasteiger partial charge in [-0.05, 0) is 135 Å². The molecule has 0 saturated heterocycles. The fraction of sp³-hybridized carbons (Fsp3) is 0. The number of hydrogen-bond donors (Lipinski definition) is 0. The Morgan fingerprint density at radius 3 is 0.935 bits per heavy atom. The predicted octanol–water partition coefficient (Wildman–Crippen LogP) is 16.9. The van der Waals surface area contributed by atoms with Crippen molar-refractivity contribution >= 4 is 112 Å². The van der Waals surface area contributed by atoms with E-state index in [0.29, 0.717) is 0 Å². The van der Waals surface area contributed by atoms with Crippen LogP contribution in [0.5, 0.6) is 0 Å². The molecule has 2 aromatic heterocycles. The quantitative estimate of drug-likeness (QED) is 0.0852. The van der Waals surface area contributed by atoms with Crippen LogP contribution >= 0.6 is 0 Å². The zero-order valence-electron chi connectivity index (χ0n) is 51.1. The number of halogens is 1. The van der Waals surface area contributed by atoms with E-state index in [0.717, 1.165) is 49.4 Å². The molecule has 0 N–H and O–H groups in total. The van der Waals surface area contributed by atoms with Crippen LogP contribution in [-0.2, 0) is 0 Å². The van der Waals surface area contributed by atoms with Crippen molar-refractivity contribution in [2.24, 2.45) is 0 Å². The fourth-order valence-electron chi connectivity index (χ4n) is 14.9. The van der Waals surface area contributed by atoms with Crippen molar-refractivity contribution in [3.05, 3.63) is 388 Å². The molecule has 0 radical (unpaired) electrons. The molecule has 0 aliphatic rings. The second-order valence-corrected chi connectivity index (χ2v) is 31.6. The van der Waals surface area contributed by atoms with Gasteiger partial charge in [0.2, 0.25) is 0 Å². The van der Waals surface area contributed by atoms with Gasteiger partial charge in [-0.25, -0.2) is 4.39 Å². The predicted molar refractivity (Wildman–Crippen MR) is 397 cm³/mol. The largest absolute Gasteiger partial charge is 0.309 e. The molecule has 15 aromatic carbocycles. The summed E-state index contributed by atoms with van der Waals surface area (Å²) in [6.45, 7) is 0. The van der Waals surface area contributed by atoms with Gasteiger partial charge in [0.1, 0.15) is 5.82 Å². The number of para-hydroxylation sites is 2. The molecule has 0 amide bonds. The van der Waals surface area contributed by atoms with Crippen LogP contribution in [0.2, 0.25) is 0 Å². The van der Waals surface area contributed by atoms with Gasteiger partial charge in [-0.3, -0.25) is 0 Å². The topological polar surface area (TPSA) is 9.86 Å². The van der Waals surface area contributed by atoms with E-state index in [9.17, 15) is 4.39 Å². The highest BCUT2D eigenvalue weighted by Crippen LogP contribution is 2.39. The molecule has 0 saturated carbocycles. The maximum absolute atomic E-state index is 14.8. The molecule has 0 unspecified atom stereocenters. The second kappa shape index (κ2) is 24.4. The standard InChI is InChI=1S/C46H32FNSi.C42H31NSi/c47-36-27-29-44-43(32-36)46-42-25-11-10-14-33(42)26-28-45(46)48(44)37-17-12-15-34(30-37)35-16-13-24-41(31-35)49(38-18-4-1-5-19-38,39-20-6-2-7-21-39)40-22-8-3-9-23-40;1-4-19-35(20-5-1)44(36-21-6-2-7-22-36,37-23-8-3-9-24-37)38-25-15-17-33(31-38)32-16-14-18-34(30-32)43-41-28-12-10-26-39(41)40-27-11-13-29-42(40)43/h1-32H;1-31H. The van der Waals surface area contributed by atoms with E-state index in [1.807, 2.05) is 6.07 Å². The minimum Gasteiger partial charge on any atom is -0.309 e. The first-order chi connectivity index (χ1) is 46.1. The molecule has 0 aliphatic carbocycles. The third-order valence-electron chi connectivity index (χ3n) is 18.9. The first-order valence-electron chi connectivity index (χ1n) is 31.9. The number of hydrogen-bond acceptors (Lipinski definition) is 0. The van der Waals surface area contributed by atoms with Crippen molar-refractivity contribution < 1.29 is 4.39 Å². The van der Waals surface area contributed by atoms with Crippen LogP contribution in [0.15, 0.2) is 382 Å². The van der Waals surface area contributed by atoms with Gasteiger partial charge in [0.05, 0.1) is 22.1 Å². The maximum Gasteiger partial charge on any atom is 0.179 e. The minimum atomic E-state index is -2.68. The van der Waals surface area contributed by atoms with E-state index >= 15 is 0 Å². The zero-order chi connectivity index (χ0) is 62.1. The van der Waals surface area contributed by atoms with E-state index < -0.39 is 16.1 Å². The molecule has 5 heteroatoms. The fourth-order valence-corrected chi connectivity index (χ4v) is 24.5. The van der Waals surface area contributed by atoms with E-state index in [1.165, 1.54) is 80.1 Å².